The minimum Gasteiger partial charge on any atom is -0.396 e. The molecule has 0 bridgehead atoms. The molecule has 0 aliphatic heterocycles. The summed E-state index contributed by atoms with van der Waals surface area (Å²) >= 11 is 0. The van der Waals surface area contributed by atoms with E-state index in [0.717, 1.165) is 12.0 Å². The number of unbranched alkanes of at least 4 members (excludes halogenated alkanes) is 1. The van der Waals surface area contributed by atoms with Crippen LogP contribution in [0.25, 0.3) is 0 Å². The third-order valence-electron chi connectivity index (χ3n) is 3.47. The molecule has 0 spiro atoms. The zero-order valence-corrected chi connectivity index (χ0v) is 13.1. The Kier molecular flexibility index (Phi) is 6.21. The van der Waals surface area contributed by atoms with Crippen molar-refractivity contribution < 1.29 is 9.90 Å². The zero-order valence-electron chi connectivity index (χ0n) is 13.1. The number of aliphatic hydroxyl groups excluding tert-OH is 1. The average molecular weight is 277 g/mol. The van der Waals surface area contributed by atoms with Crippen molar-refractivity contribution in [3.05, 3.63) is 35.4 Å². The third-order valence-corrected chi connectivity index (χ3v) is 3.47. The van der Waals surface area contributed by atoms with Crippen LogP contribution in [0, 0.1) is 0 Å². The molecule has 3 nitrogen and oxygen atoms in total. The Bertz CT molecular complexity index is 418. The number of nitrogens with one attached hydrogen (secondary N) is 1. The van der Waals surface area contributed by atoms with Crippen LogP contribution < -0.4 is 5.32 Å². The van der Waals surface area contributed by atoms with Gasteiger partial charge in [0.25, 0.3) is 0 Å². The van der Waals surface area contributed by atoms with Crippen LogP contribution in [0.1, 0.15) is 64.1 Å². The molecule has 0 fully saturated rings. The summed E-state index contributed by atoms with van der Waals surface area (Å²) in [4.78, 5) is 11.7. The topological polar surface area (TPSA) is 49.3 Å². The molecule has 0 aliphatic carbocycles. The van der Waals surface area contributed by atoms with Crippen LogP contribution in [0.2, 0.25) is 0 Å². The standard InChI is InChI=1S/C17H27NO2/c1-13(18-16(20)7-5-6-12-19)14-8-10-15(11-9-14)17(2,3)4/h8-11,13,19H,5-7,12H2,1-4H3,(H,18,20). The Labute approximate surface area is 122 Å². The van der Waals surface area contributed by atoms with E-state index < -0.39 is 0 Å². The molecule has 0 saturated carbocycles. The first-order valence-electron chi connectivity index (χ1n) is 7.35. The highest BCUT2D eigenvalue weighted by Crippen LogP contribution is 2.23. The van der Waals surface area contributed by atoms with Crippen LogP contribution in [0.5, 0.6) is 0 Å². The Morgan fingerprint density at radius 3 is 2.30 bits per heavy atom. The van der Waals surface area contributed by atoms with Crippen molar-refractivity contribution >= 4 is 5.91 Å². The molecule has 0 saturated heterocycles. The number of aliphatic hydroxyl groups is 1. The van der Waals surface area contributed by atoms with Gasteiger partial charge in [-0.15, -0.1) is 0 Å². The van der Waals surface area contributed by atoms with E-state index in [1.807, 2.05) is 6.92 Å². The quantitative estimate of drug-likeness (QED) is 0.784. The predicted molar refractivity (Wildman–Crippen MR) is 82.6 cm³/mol. The molecule has 0 radical (unpaired) electrons. The van der Waals surface area contributed by atoms with Crippen molar-refractivity contribution in [2.45, 2.75) is 58.4 Å². The second-order valence-corrected chi connectivity index (χ2v) is 6.34. The molecule has 1 rings (SSSR count). The molecule has 0 aromatic heterocycles. The first kappa shape index (κ1) is 16.7. The number of carbonyl (C=O) groups is 1. The van der Waals surface area contributed by atoms with Crippen LogP contribution in [0.15, 0.2) is 24.3 Å². The molecule has 3 heteroatoms. The van der Waals surface area contributed by atoms with E-state index in [1.54, 1.807) is 0 Å². The fourth-order valence-corrected chi connectivity index (χ4v) is 2.07. The maximum absolute atomic E-state index is 11.7. The summed E-state index contributed by atoms with van der Waals surface area (Å²) in [5.74, 6) is 0.0471. The van der Waals surface area contributed by atoms with Crippen molar-refractivity contribution in [1.29, 1.82) is 0 Å². The highest BCUT2D eigenvalue weighted by atomic mass is 16.2. The third kappa shape index (κ3) is 5.33. The van der Waals surface area contributed by atoms with E-state index in [2.05, 4.69) is 50.4 Å². The zero-order chi connectivity index (χ0) is 15.2. The van der Waals surface area contributed by atoms with Gasteiger partial charge in [-0.25, -0.2) is 0 Å². The number of benzene rings is 1. The molecule has 1 amide bonds. The second-order valence-electron chi connectivity index (χ2n) is 6.34. The number of hydrogen-bond donors (Lipinski definition) is 2. The Morgan fingerprint density at radius 1 is 1.20 bits per heavy atom. The summed E-state index contributed by atoms with van der Waals surface area (Å²) in [6, 6.07) is 8.44. The molecule has 2 N–H and O–H groups in total. The Morgan fingerprint density at radius 2 is 1.80 bits per heavy atom. The normalized spacial score (nSPS) is 13.1. The van der Waals surface area contributed by atoms with Crippen molar-refractivity contribution in [1.82, 2.24) is 5.32 Å². The molecule has 1 unspecified atom stereocenters. The summed E-state index contributed by atoms with van der Waals surface area (Å²) in [6.45, 7) is 8.71. The Balaban J connectivity index is 2.55. The summed E-state index contributed by atoms with van der Waals surface area (Å²) in [5, 5.41) is 11.7. The number of carbonyl (C=O) groups excluding carboxylic acids is 1. The van der Waals surface area contributed by atoms with Crippen LogP contribution in [0.4, 0.5) is 0 Å². The first-order valence-corrected chi connectivity index (χ1v) is 7.35. The smallest absolute Gasteiger partial charge is 0.220 e. The van der Waals surface area contributed by atoms with E-state index in [1.165, 1.54) is 5.56 Å². The molecular formula is C17H27NO2. The van der Waals surface area contributed by atoms with E-state index in [4.69, 9.17) is 5.11 Å². The molecule has 112 valence electrons. The van der Waals surface area contributed by atoms with E-state index in [-0.39, 0.29) is 24.0 Å². The summed E-state index contributed by atoms with van der Waals surface area (Å²) in [5.41, 5.74) is 2.56. The van der Waals surface area contributed by atoms with Crippen molar-refractivity contribution in [2.75, 3.05) is 6.61 Å². The first-order chi connectivity index (χ1) is 9.34. The lowest BCUT2D eigenvalue weighted by atomic mass is 9.86. The predicted octanol–water partition coefficient (Wildman–Crippen LogP) is 3.32. The highest BCUT2D eigenvalue weighted by Gasteiger charge is 2.14. The molecule has 1 aromatic rings. The van der Waals surface area contributed by atoms with Gasteiger partial charge in [-0.2, -0.15) is 0 Å². The van der Waals surface area contributed by atoms with E-state index >= 15 is 0 Å². The Hall–Kier alpha value is -1.35. The average Bonchev–Trinajstić information content (AvgIpc) is 2.38. The lowest BCUT2D eigenvalue weighted by Crippen LogP contribution is -2.26. The molecular weight excluding hydrogens is 250 g/mol. The van der Waals surface area contributed by atoms with Gasteiger partial charge in [0, 0.05) is 13.0 Å². The van der Waals surface area contributed by atoms with Gasteiger partial charge in [-0.3, -0.25) is 4.79 Å². The van der Waals surface area contributed by atoms with Gasteiger partial charge in [-0.1, -0.05) is 45.0 Å². The van der Waals surface area contributed by atoms with Crippen LogP contribution in [0.3, 0.4) is 0 Å². The van der Waals surface area contributed by atoms with E-state index in [9.17, 15) is 4.79 Å². The maximum atomic E-state index is 11.7. The SMILES string of the molecule is CC(NC(=O)CCCCO)c1ccc(C(C)(C)C)cc1. The van der Waals surface area contributed by atoms with E-state index in [0.29, 0.717) is 12.8 Å². The number of hydrogen-bond acceptors (Lipinski definition) is 2. The van der Waals surface area contributed by atoms with Gasteiger partial charge < -0.3 is 10.4 Å². The highest BCUT2D eigenvalue weighted by molar-refractivity contribution is 5.76. The van der Waals surface area contributed by atoms with Crippen molar-refractivity contribution in [3.63, 3.8) is 0 Å². The maximum Gasteiger partial charge on any atom is 0.220 e. The molecule has 0 heterocycles. The monoisotopic (exact) mass is 277 g/mol. The van der Waals surface area contributed by atoms with Gasteiger partial charge >= 0.3 is 0 Å². The van der Waals surface area contributed by atoms with Crippen molar-refractivity contribution in [2.24, 2.45) is 0 Å². The minimum atomic E-state index is 0.0191. The van der Waals surface area contributed by atoms with Gasteiger partial charge in [-0.05, 0) is 36.3 Å². The largest absolute Gasteiger partial charge is 0.396 e. The summed E-state index contributed by atoms with van der Waals surface area (Å²) in [6.07, 6.45) is 1.89. The molecule has 1 atom stereocenters. The van der Waals surface area contributed by atoms with Crippen LogP contribution in [-0.4, -0.2) is 17.6 Å². The molecule has 20 heavy (non-hydrogen) atoms. The minimum absolute atomic E-state index is 0.0191. The van der Waals surface area contributed by atoms with Gasteiger partial charge in [0.15, 0.2) is 0 Å². The lowest BCUT2D eigenvalue weighted by molar-refractivity contribution is -0.121. The van der Waals surface area contributed by atoms with Crippen LogP contribution in [-0.2, 0) is 10.2 Å². The van der Waals surface area contributed by atoms with Gasteiger partial charge in [0.05, 0.1) is 6.04 Å². The van der Waals surface area contributed by atoms with Gasteiger partial charge in [0.1, 0.15) is 0 Å². The van der Waals surface area contributed by atoms with Gasteiger partial charge in [0.2, 0.25) is 5.91 Å². The summed E-state index contributed by atoms with van der Waals surface area (Å²) in [7, 11) is 0. The fraction of sp³-hybridized carbons (Fsp3) is 0.588. The number of rotatable bonds is 6. The molecule has 0 aliphatic rings. The second kappa shape index (κ2) is 7.44. The lowest BCUT2D eigenvalue weighted by Gasteiger charge is -2.20. The summed E-state index contributed by atoms with van der Waals surface area (Å²) < 4.78 is 0. The van der Waals surface area contributed by atoms with Crippen LogP contribution >= 0.6 is 0 Å². The molecule has 1 aromatic carbocycles. The number of amides is 1. The fourth-order valence-electron chi connectivity index (χ4n) is 2.07. The van der Waals surface area contributed by atoms with Crippen molar-refractivity contribution in [3.8, 4) is 0 Å².